The van der Waals surface area contributed by atoms with Gasteiger partial charge in [0.15, 0.2) is 0 Å². The Kier molecular flexibility index (Phi) is 3.09. The molecule has 0 bridgehead atoms. The Hall–Kier alpha value is -0.840. The van der Waals surface area contributed by atoms with E-state index < -0.39 is 0 Å². The molecule has 2 aromatic rings. The molecular formula is C10H9BrClN3. The van der Waals surface area contributed by atoms with Crippen LogP contribution in [0, 0.1) is 0 Å². The summed E-state index contributed by atoms with van der Waals surface area (Å²) in [6, 6.07) is 5.90. The highest BCUT2D eigenvalue weighted by atomic mass is 79.9. The minimum Gasteiger partial charge on any atom is -0.326 e. The van der Waals surface area contributed by atoms with Gasteiger partial charge in [-0.05, 0) is 33.6 Å². The van der Waals surface area contributed by atoms with Gasteiger partial charge < -0.3 is 5.73 Å². The highest BCUT2D eigenvalue weighted by Crippen LogP contribution is 2.22. The first-order valence-electron chi connectivity index (χ1n) is 4.40. The lowest BCUT2D eigenvalue weighted by Gasteiger charge is -2.05. The number of rotatable bonds is 2. The number of nitrogens with zero attached hydrogens (tertiary/aromatic N) is 2. The van der Waals surface area contributed by atoms with Crippen molar-refractivity contribution >= 4 is 27.5 Å². The van der Waals surface area contributed by atoms with Crippen LogP contribution in [0.4, 0.5) is 0 Å². The van der Waals surface area contributed by atoms with E-state index in [2.05, 4.69) is 21.0 Å². The van der Waals surface area contributed by atoms with Crippen molar-refractivity contribution in [1.29, 1.82) is 0 Å². The van der Waals surface area contributed by atoms with E-state index in [1.54, 1.807) is 17.1 Å². The summed E-state index contributed by atoms with van der Waals surface area (Å²) in [4.78, 5) is 0. The van der Waals surface area contributed by atoms with E-state index in [0.29, 0.717) is 11.6 Å². The molecular weight excluding hydrogens is 277 g/mol. The van der Waals surface area contributed by atoms with Crippen LogP contribution in [0.3, 0.4) is 0 Å². The molecule has 0 saturated heterocycles. The first-order valence-corrected chi connectivity index (χ1v) is 5.57. The fourth-order valence-electron chi connectivity index (χ4n) is 1.30. The van der Waals surface area contributed by atoms with Crippen molar-refractivity contribution in [2.45, 2.75) is 6.54 Å². The van der Waals surface area contributed by atoms with Crippen LogP contribution in [0.1, 0.15) is 5.56 Å². The van der Waals surface area contributed by atoms with Crippen molar-refractivity contribution in [3.05, 3.63) is 45.7 Å². The summed E-state index contributed by atoms with van der Waals surface area (Å²) in [5.74, 6) is 0. The Balaban J connectivity index is 2.45. The molecule has 0 fully saturated rings. The minimum atomic E-state index is 0.527. The van der Waals surface area contributed by atoms with Crippen molar-refractivity contribution in [2.75, 3.05) is 0 Å². The van der Waals surface area contributed by atoms with Crippen LogP contribution in [-0.4, -0.2) is 9.78 Å². The topological polar surface area (TPSA) is 43.8 Å². The number of halogens is 2. The normalized spacial score (nSPS) is 10.6. The van der Waals surface area contributed by atoms with Crippen LogP contribution in [0.15, 0.2) is 35.1 Å². The smallest absolute Gasteiger partial charge is 0.0790 e. The van der Waals surface area contributed by atoms with Gasteiger partial charge >= 0.3 is 0 Å². The Morgan fingerprint density at radius 3 is 2.80 bits per heavy atom. The van der Waals surface area contributed by atoms with E-state index in [0.717, 1.165) is 15.7 Å². The lowest BCUT2D eigenvalue weighted by atomic mass is 10.2. The highest BCUT2D eigenvalue weighted by Gasteiger charge is 2.04. The first kappa shape index (κ1) is 10.7. The fraction of sp³-hybridized carbons (Fsp3) is 0.100. The molecule has 0 radical (unpaired) electrons. The van der Waals surface area contributed by atoms with Crippen molar-refractivity contribution in [3.63, 3.8) is 0 Å². The number of aromatic nitrogens is 2. The maximum atomic E-state index is 5.80. The van der Waals surface area contributed by atoms with Gasteiger partial charge in [-0.25, -0.2) is 4.68 Å². The summed E-state index contributed by atoms with van der Waals surface area (Å²) in [5.41, 5.74) is 7.56. The Bertz CT molecular complexity index is 481. The standard InChI is InChI=1S/C10H9BrClN3/c11-9-3-7(4-13)1-2-10(9)15-6-8(12)5-14-15/h1-3,5-6H,4,13H2. The number of benzene rings is 1. The molecule has 3 nitrogen and oxygen atoms in total. The molecule has 0 saturated carbocycles. The molecule has 1 aromatic carbocycles. The van der Waals surface area contributed by atoms with E-state index in [-0.39, 0.29) is 0 Å². The lowest BCUT2D eigenvalue weighted by Crippen LogP contribution is -1.99. The monoisotopic (exact) mass is 285 g/mol. The highest BCUT2D eigenvalue weighted by molar-refractivity contribution is 9.10. The van der Waals surface area contributed by atoms with Gasteiger partial charge in [0.1, 0.15) is 0 Å². The predicted molar refractivity (Wildman–Crippen MR) is 64.2 cm³/mol. The van der Waals surface area contributed by atoms with Crippen LogP contribution in [0.2, 0.25) is 5.02 Å². The fourth-order valence-corrected chi connectivity index (χ4v) is 2.04. The third-order valence-electron chi connectivity index (χ3n) is 2.05. The zero-order valence-electron chi connectivity index (χ0n) is 7.82. The van der Waals surface area contributed by atoms with Gasteiger partial charge in [0, 0.05) is 17.2 Å². The molecule has 0 amide bonds. The SMILES string of the molecule is NCc1ccc(-n2cc(Cl)cn2)c(Br)c1. The van der Waals surface area contributed by atoms with Gasteiger partial charge in [0.25, 0.3) is 0 Å². The maximum Gasteiger partial charge on any atom is 0.0790 e. The largest absolute Gasteiger partial charge is 0.326 e. The quantitative estimate of drug-likeness (QED) is 0.922. The van der Waals surface area contributed by atoms with Crippen LogP contribution >= 0.6 is 27.5 Å². The second kappa shape index (κ2) is 4.35. The summed E-state index contributed by atoms with van der Waals surface area (Å²) in [6.07, 6.45) is 3.36. The van der Waals surface area contributed by atoms with Crippen molar-refractivity contribution < 1.29 is 0 Å². The molecule has 78 valence electrons. The van der Waals surface area contributed by atoms with Crippen molar-refractivity contribution in [1.82, 2.24) is 9.78 Å². The minimum absolute atomic E-state index is 0.527. The summed E-state index contributed by atoms with van der Waals surface area (Å²) in [7, 11) is 0. The number of nitrogens with two attached hydrogens (primary N) is 1. The number of hydrogen-bond acceptors (Lipinski definition) is 2. The van der Waals surface area contributed by atoms with Gasteiger partial charge in [-0.3, -0.25) is 0 Å². The zero-order chi connectivity index (χ0) is 10.8. The second-order valence-corrected chi connectivity index (χ2v) is 4.38. The van der Waals surface area contributed by atoms with Gasteiger partial charge in [-0.2, -0.15) is 5.10 Å². The Morgan fingerprint density at radius 1 is 1.47 bits per heavy atom. The molecule has 0 atom stereocenters. The molecule has 5 heteroatoms. The van der Waals surface area contributed by atoms with E-state index in [1.165, 1.54) is 0 Å². The maximum absolute atomic E-state index is 5.80. The molecule has 0 spiro atoms. The van der Waals surface area contributed by atoms with E-state index >= 15 is 0 Å². The summed E-state index contributed by atoms with van der Waals surface area (Å²) >= 11 is 9.28. The lowest BCUT2D eigenvalue weighted by molar-refractivity contribution is 0.874. The van der Waals surface area contributed by atoms with E-state index in [1.807, 2.05) is 18.2 Å². The molecule has 0 aliphatic heterocycles. The molecule has 0 unspecified atom stereocenters. The molecule has 1 heterocycles. The second-order valence-electron chi connectivity index (χ2n) is 3.09. The van der Waals surface area contributed by atoms with Crippen LogP contribution in [-0.2, 0) is 6.54 Å². The summed E-state index contributed by atoms with van der Waals surface area (Å²) in [5, 5.41) is 4.74. The van der Waals surface area contributed by atoms with Crippen molar-refractivity contribution in [3.8, 4) is 5.69 Å². The number of hydrogen-bond donors (Lipinski definition) is 1. The Morgan fingerprint density at radius 2 is 2.27 bits per heavy atom. The van der Waals surface area contributed by atoms with Crippen LogP contribution in [0.25, 0.3) is 5.69 Å². The zero-order valence-corrected chi connectivity index (χ0v) is 10.2. The van der Waals surface area contributed by atoms with E-state index in [4.69, 9.17) is 17.3 Å². The first-order chi connectivity index (χ1) is 7.20. The van der Waals surface area contributed by atoms with Gasteiger partial charge in [-0.15, -0.1) is 0 Å². The summed E-state index contributed by atoms with van der Waals surface area (Å²) < 4.78 is 2.66. The predicted octanol–water partition coefficient (Wildman–Crippen LogP) is 2.75. The van der Waals surface area contributed by atoms with Crippen LogP contribution < -0.4 is 5.73 Å². The van der Waals surface area contributed by atoms with Gasteiger partial charge in [0.2, 0.25) is 0 Å². The average Bonchev–Trinajstić information content (AvgIpc) is 2.64. The third kappa shape index (κ3) is 2.22. The summed E-state index contributed by atoms with van der Waals surface area (Å²) in [6.45, 7) is 0.527. The molecule has 2 N–H and O–H groups in total. The van der Waals surface area contributed by atoms with Crippen molar-refractivity contribution in [2.24, 2.45) is 5.73 Å². The van der Waals surface area contributed by atoms with Crippen LogP contribution in [0.5, 0.6) is 0 Å². The van der Waals surface area contributed by atoms with Gasteiger partial charge in [-0.1, -0.05) is 17.7 Å². The average molecular weight is 287 g/mol. The molecule has 0 aliphatic rings. The molecule has 1 aromatic heterocycles. The molecule has 2 rings (SSSR count). The Labute approximate surface area is 101 Å². The molecule has 0 aliphatic carbocycles. The van der Waals surface area contributed by atoms with Gasteiger partial charge in [0.05, 0.1) is 16.9 Å². The molecule has 15 heavy (non-hydrogen) atoms. The third-order valence-corrected chi connectivity index (χ3v) is 2.88. The van der Waals surface area contributed by atoms with E-state index in [9.17, 15) is 0 Å².